The van der Waals surface area contributed by atoms with Crippen LogP contribution >= 0.6 is 0 Å². The average molecular weight is 167 g/mol. The van der Waals surface area contributed by atoms with Gasteiger partial charge in [0.05, 0.1) is 11.7 Å². The molecular formula is C9H17N3. The molecule has 0 spiro atoms. The highest BCUT2D eigenvalue weighted by atomic mass is 15.3. The Bertz CT molecular complexity index is 248. The third-order valence-electron chi connectivity index (χ3n) is 2.13. The van der Waals surface area contributed by atoms with Gasteiger partial charge in [0.15, 0.2) is 0 Å². The Morgan fingerprint density at radius 3 is 2.58 bits per heavy atom. The fraction of sp³-hybridized carbons (Fsp3) is 0.667. The fourth-order valence-electron chi connectivity index (χ4n) is 1.46. The minimum absolute atomic E-state index is 0.360. The molecule has 68 valence electrons. The lowest BCUT2D eigenvalue weighted by atomic mass is 10.2. The first-order chi connectivity index (χ1) is 5.69. The van der Waals surface area contributed by atoms with Gasteiger partial charge in [0.25, 0.3) is 0 Å². The molecule has 0 fully saturated rings. The van der Waals surface area contributed by atoms with Crippen molar-refractivity contribution in [3.05, 3.63) is 17.5 Å². The van der Waals surface area contributed by atoms with E-state index >= 15 is 0 Å². The lowest BCUT2D eigenvalue weighted by Crippen LogP contribution is -2.20. The van der Waals surface area contributed by atoms with Crippen LogP contribution in [0.1, 0.15) is 30.8 Å². The Hall–Kier alpha value is -0.830. The molecule has 1 rings (SSSR count). The molecule has 0 saturated heterocycles. The van der Waals surface area contributed by atoms with Crippen molar-refractivity contribution in [3.63, 3.8) is 0 Å². The van der Waals surface area contributed by atoms with E-state index in [4.69, 9.17) is 5.73 Å². The van der Waals surface area contributed by atoms with Crippen LogP contribution in [0.2, 0.25) is 0 Å². The van der Waals surface area contributed by atoms with E-state index < -0.39 is 0 Å². The molecule has 1 aromatic heterocycles. The Labute approximate surface area is 73.6 Å². The van der Waals surface area contributed by atoms with Crippen LogP contribution in [0.5, 0.6) is 0 Å². The van der Waals surface area contributed by atoms with Crippen molar-refractivity contribution in [2.45, 2.75) is 33.2 Å². The molecule has 3 heteroatoms. The third kappa shape index (κ3) is 1.67. The molecule has 0 aliphatic rings. The standard InChI is InChI=1S/C9H17N3/c1-4-9(6-10)12-8(3)5-7(2)11-12/h5,9H,4,6,10H2,1-3H3/t9-/m0/s1. The van der Waals surface area contributed by atoms with Crippen molar-refractivity contribution in [2.75, 3.05) is 6.54 Å². The maximum Gasteiger partial charge on any atom is 0.0641 e. The molecule has 0 unspecified atom stereocenters. The molecule has 2 N–H and O–H groups in total. The van der Waals surface area contributed by atoms with Crippen molar-refractivity contribution in [3.8, 4) is 0 Å². The minimum atomic E-state index is 0.360. The summed E-state index contributed by atoms with van der Waals surface area (Å²) in [4.78, 5) is 0. The normalized spacial score (nSPS) is 13.3. The maximum absolute atomic E-state index is 5.63. The highest BCUT2D eigenvalue weighted by Gasteiger charge is 2.09. The summed E-state index contributed by atoms with van der Waals surface area (Å²) in [5.41, 5.74) is 7.90. The molecular weight excluding hydrogens is 150 g/mol. The smallest absolute Gasteiger partial charge is 0.0641 e. The Kier molecular flexibility index (Phi) is 2.87. The molecule has 3 nitrogen and oxygen atoms in total. The van der Waals surface area contributed by atoms with Crippen molar-refractivity contribution in [1.82, 2.24) is 9.78 Å². The minimum Gasteiger partial charge on any atom is -0.328 e. The predicted molar refractivity (Wildman–Crippen MR) is 50.1 cm³/mol. The number of hydrogen-bond donors (Lipinski definition) is 1. The Morgan fingerprint density at radius 1 is 1.58 bits per heavy atom. The second kappa shape index (κ2) is 3.72. The molecule has 12 heavy (non-hydrogen) atoms. The lowest BCUT2D eigenvalue weighted by Gasteiger charge is -2.14. The van der Waals surface area contributed by atoms with Crippen LogP contribution in [0, 0.1) is 13.8 Å². The SMILES string of the molecule is CC[C@@H](CN)n1nc(C)cc1C. The van der Waals surface area contributed by atoms with E-state index in [2.05, 4.69) is 25.0 Å². The number of rotatable bonds is 3. The topological polar surface area (TPSA) is 43.8 Å². The molecule has 0 aliphatic heterocycles. The second-order valence-electron chi connectivity index (χ2n) is 3.17. The zero-order chi connectivity index (χ0) is 9.14. The van der Waals surface area contributed by atoms with Crippen molar-refractivity contribution >= 4 is 0 Å². The van der Waals surface area contributed by atoms with Gasteiger partial charge in [0.1, 0.15) is 0 Å². The second-order valence-corrected chi connectivity index (χ2v) is 3.17. The molecule has 0 aromatic carbocycles. The van der Waals surface area contributed by atoms with Crippen LogP contribution in [0.25, 0.3) is 0 Å². The summed E-state index contributed by atoms with van der Waals surface area (Å²) in [6.07, 6.45) is 1.04. The molecule has 1 heterocycles. The lowest BCUT2D eigenvalue weighted by molar-refractivity contribution is 0.439. The van der Waals surface area contributed by atoms with Gasteiger partial charge in [-0.25, -0.2) is 0 Å². The summed E-state index contributed by atoms with van der Waals surface area (Å²) in [6.45, 7) is 6.87. The van der Waals surface area contributed by atoms with Gasteiger partial charge in [-0.3, -0.25) is 4.68 Å². The molecule has 0 amide bonds. The molecule has 0 bridgehead atoms. The third-order valence-corrected chi connectivity index (χ3v) is 2.13. The maximum atomic E-state index is 5.63. The van der Waals surface area contributed by atoms with Crippen LogP contribution in [0.15, 0.2) is 6.07 Å². The molecule has 1 aromatic rings. The summed E-state index contributed by atoms with van der Waals surface area (Å²) < 4.78 is 2.02. The number of aromatic nitrogens is 2. The number of aryl methyl sites for hydroxylation is 2. The van der Waals surface area contributed by atoms with Crippen molar-refractivity contribution in [1.29, 1.82) is 0 Å². The van der Waals surface area contributed by atoms with Gasteiger partial charge < -0.3 is 5.73 Å². The molecule has 1 atom stereocenters. The summed E-state index contributed by atoms with van der Waals surface area (Å²) in [5, 5.41) is 4.39. The van der Waals surface area contributed by atoms with Gasteiger partial charge in [-0.2, -0.15) is 5.10 Å². The summed E-state index contributed by atoms with van der Waals surface area (Å²) in [5.74, 6) is 0. The monoisotopic (exact) mass is 167 g/mol. The van der Waals surface area contributed by atoms with E-state index in [0.29, 0.717) is 12.6 Å². The fourth-order valence-corrected chi connectivity index (χ4v) is 1.46. The van der Waals surface area contributed by atoms with Crippen LogP contribution < -0.4 is 5.73 Å². The van der Waals surface area contributed by atoms with Gasteiger partial charge >= 0.3 is 0 Å². The first kappa shape index (κ1) is 9.26. The van der Waals surface area contributed by atoms with Gasteiger partial charge in [0, 0.05) is 12.2 Å². The van der Waals surface area contributed by atoms with Crippen LogP contribution in [0.3, 0.4) is 0 Å². The van der Waals surface area contributed by atoms with Gasteiger partial charge in [-0.05, 0) is 26.3 Å². The number of nitrogens with zero attached hydrogens (tertiary/aromatic N) is 2. The first-order valence-corrected chi connectivity index (χ1v) is 4.41. The predicted octanol–water partition coefficient (Wildman–Crippen LogP) is 1.41. The quantitative estimate of drug-likeness (QED) is 0.739. The van der Waals surface area contributed by atoms with E-state index in [0.717, 1.165) is 12.1 Å². The molecule has 0 radical (unpaired) electrons. The van der Waals surface area contributed by atoms with E-state index in [1.807, 2.05) is 11.6 Å². The van der Waals surface area contributed by atoms with E-state index in [-0.39, 0.29) is 0 Å². The number of hydrogen-bond acceptors (Lipinski definition) is 2. The van der Waals surface area contributed by atoms with Gasteiger partial charge in [-0.15, -0.1) is 0 Å². The highest BCUT2D eigenvalue weighted by Crippen LogP contribution is 2.12. The van der Waals surface area contributed by atoms with Gasteiger partial charge in [-0.1, -0.05) is 6.92 Å². The first-order valence-electron chi connectivity index (χ1n) is 4.41. The van der Waals surface area contributed by atoms with E-state index in [1.54, 1.807) is 0 Å². The highest BCUT2D eigenvalue weighted by molar-refractivity contribution is 5.07. The summed E-state index contributed by atoms with van der Waals surface area (Å²) in [6, 6.07) is 2.44. The van der Waals surface area contributed by atoms with Crippen molar-refractivity contribution in [2.24, 2.45) is 5.73 Å². The van der Waals surface area contributed by atoms with Gasteiger partial charge in [0.2, 0.25) is 0 Å². The zero-order valence-corrected chi connectivity index (χ0v) is 8.04. The van der Waals surface area contributed by atoms with Crippen LogP contribution in [0.4, 0.5) is 0 Å². The largest absolute Gasteiger partial charge is 0.328 e. The summed E-state index contributed by atoms with van der Waals surface area (Å²) in [7, 11) is 0. The molecule has 0 saturated carbocycles. The summed E-state index contributed by atoms with van der Waals surface area (Å²) >= 11 is 0. The Morgan fingerprint density at radius 2 is 2.25 bits per heavy atom. The Balaban J connectivity index is 2.91. The zero-order valence-electron chi connectivity index (χ0n) is 8.04. The average Bonchev–Trinajstić information content (AvgIpc) is 2.34. The van der Waals surface area contributed by atoms with E-state index in [1.165, 1.54) is 5.69 Å². The number of nitrogens with two attached hydrogens (primary N) is 1. The van der Waals surface area contributed by atoms with Crippen LogP contribution in [-0.2, 0) is 0 Å². The van der Waals surface area contributed by atoms with Crippen LogP contribution in [-0.4, -0.2) is 16.3 Å². The molecule has 0 aliphatic carbocycles. The van der Waals surface area contributed by atoms with Crippen molar-refractivity contribution < 1.29 is 0 Å². The van der Waals surface area contributed by atoms with E-state index in [9.17, 15) is 0 Å².